The van der Waals surface area contributed by atoms with Gasteiger partial charge in [0.1, 0.15) is 0 Å². The molecule has 3 nitrogen and oxygen atoms in total. The molecule has 0 aromatic heterocycles. The van der Waals surface area contributed by atoms with Gasteiger partial charge in [-0.3, -0.25) is 0 Å². The van der Waals surface area contributed by atoms with Gasteiger partial charge in [0.25, 0.3) is 0 Å². The Kier molecular flexibility index (Phi) is 1.56. The fourth-order valence-corrected chi connectivity index (χ4v) is 2.79. The third-order valence-corrected chi connectivity index (χ3v) is 5.07. The highest BCUT2D eigenvalue weighted by Gasteiger charge is 2.45. The summed E-state index contributed by atoms with van der Waals surface area (Å²) < 4.78 is 21.7. The summed E-state index contributed by atoms with van der Waals surface area (Å²) in [7, 11) is -2.90. The molecule has 0 saturated carbocycles. The Balaban J connectivity index is 3.08. The minimum absolute atomic E-state index is 0.183. The average Bonchev–Trinajstić information content (AvgIpc) is 1.94. The van der Waals surface area contributed by atoms with Gasteiger partial charge in [-0.15, -0.1) is 0 Å². The molecule has 0 aromatic rings. The molecule has 1 unspecified atom stereocenters. The van der Waals surface area contributed by atoms with Gasteiger partial charge in [0, 0.05) is 6.04 Å². The minimum Gasteiger partial charge on any atom is -0.326 e. The lowest BCUT2D eigenvalue weighted by Gasteiger charge is -2.21. The van der Waals surface area contributed by atoms with Crippen LogP contribution >= 0.6 is 0 Å². The molecule has 0 bridgehead atoms. The summed E-state index contributed by atoms with van der Waals surface area (Å²) in [5.41, 5.74) is 5.61. The zero-order valence-electron chi connectivity index (χ0n) is 6.29. The van der Waals surface area contributed by atoms with Gasteiger partial charge in [-0.05, 0) is 20.3 Å². The summed E-state index contributed by atoms with van der Waals surface area (Å²) in [6.07, 6.45) is 0.606. The van der Waals surface area contributed by atoms with Gasteiger partial charge in [0.15, 0.2) is 9.84 Å². The van der Waals surface area contributed by atoms with Crippen molar-refractivity contribution in [3.63, 3.8) is 0 Å². The van der Waals surface area contributed by atoms with Gasteiger partial charge in [-0.2, -0.15) is 0 Å². The molecule has 2 N–H and O–H groups in total. The van der Waals surface area contributed by atoms with Crippen LogP contribution in [0.4, 0.5) is 0 Å². The summed E-state index contributed by atoms with van der Waals surface area (Å²) in [6.45, 7) is 3.39. The summed E-state index contributed by atoms with van der Waals surface area (Å²) >= 11 is 0. The van der Waals surface area contributed by atoms with Crippen LogP contribution < -0.4 is 5.73 Å². The largest absolute Gasteiger partial charge is 0.326 e. The first-order chi connectivity index (χ1) is 4.38. The molecular weight excluding hydrogens is 150 g/mol. The van der Waals surface area contributed by atoms with Crippen molar-refractivity contribution in [2.45, 2.75) is 31.1 Å². The summed E-state index contributed by atoms with van der Waals surface area (Å²) in [5.74, 6) is 0.251. The number of hydrogen-bond acceptors (Lipinski definition) is 3. The maximum atomic E-state index is 11.2. The Morgan fingerprint density at radius 3 is 2.10 bits per heavy atom. The fraction of sp³-hybridized carbons (Fsp3) is 1.00. The van der Waals surface area contributed by atoms with Gasteiger partial charge < -0.3 is 5.73 Å². The lowest BCUT2D eigenvalue weighted by molar-refractivity contribution is 0.515. The van der Waals surface area contributed by atoms with Gasteiger partial charge in [-0.25, -0.2) is 8.42 Å². The topological polar surface area (TPSA) is 60.2 Å². The maximum absolute atomic E-state index is 11.2. The van der Waals surface area contributed by atoms with Crippen LogP contribution in [0, 0.1) is 0 Å². The predicted molar refractivity (Wildman–Crippen MR) is 40.5 cm³/mol. The summed E-state index contributed by atoms with van der Waals surface area (Å²) in [5, 5.41) is 0. The van der Waals surface area contributed by atoms with Gasteiger partial charge in [0.05, 0.1) is 10.5 Å². The Morgan fingerprint density at radius 1 is 1.50 bits per heavy atom. The SMILES string of the molecule is CC1(C)C(N)CCS1(=O)=O. The van der Waals surface area contributed by atoms with E-state index in [9.17, 15) is 8.42 Å². The fourth-order valence-electron chi connectivity index (χ4n) is 1.12. The number of sulfone groups is 1. The molecule has 1 rings (SSSR count). The molecule has 1 saturated heterocycles. The second kappa shape index (κ2) is 1.95. The number of nitrogens with two attached hydrogens (primary N) is 1. The highest BCUT2D eigenvalue weighted by atomic mass is 32.2. The van der Waals surface area contributed by atoms with E-state index < -0.39 is 14.6 Å². The van der Waals surface area contributed by atoms with Crippen LogP contribution in [0.25, 0.3) is 0 Å². The van der Waals surface area contributed by atoms with Crippen LogP contribution in [0.1, 0.15) is 20.3 Å². The van der Waals surface area contributed by atoms with E-state index in [1.165, 1.54) is 0 Å². The smallest absolute Gasteiger partial charge is 0.157 e. The lowest BCUT2D eigenvalue weighted by atomic mass is 10.0. The maximum Gasteiger partial charge on any atom is 0.157 e. The molecule has 0 radical (unpaired) electrons. The highest BCUT2D eigenvalue weighted by molar-refractivity contribution is 7.93. The van der Waals surface area contributed by atoms with Crippen molar-refractivity contribution in [3.05, 3.63) is 0 Å². The van der Waals surface area contributed by atoms with Crippen molar-refractivity contribution in [2.24, 2.45) is 5.73 Å². The van der Waals surface area contributed by atoms with Crippen LogP contribution in [-0.2, 0) is 9.84 Å². The van der Waals surface area contributed by atoms with Crippen molar-refractivity contribution in [3.8, 4) is 0 Å². The normalized spacial score (nSPS) is 36.1. The van der Waals surface area contributed by atoms with E-state index in [1.807, 2.05) is 0 Å². The van der Waals surface area contributed by atoms with Crippen LogP contribution in [-0.4, -0.2) is 25.0 Å². The zero-order chi connectivity index (χ0) is 7.99. The van der Waals surface area contributed by atoms with Crippen LogP contribution in [0.2, 0.25) is 0 Å². The molecule has 0 amide bonds. The Bertz CT molecular complexity index is 230. The Hall–Kier alpha value is -0.0900. The highest BCUT2D eigenvalue weighted by Crippen LogP contribution is 2.29. The molecule has 1 fully saturated rings. The summed E-state index contributed by atoms with van der Waals surface area (Å²) in [4.78, 5) is 0. The number of rotatable bonds is 0. The van der Waals surface area contributed by atoms with Crippen molar-refractivity contribution in [1.29, 1.82) is 0 Å². The lowest BCUT2D eigenvalue weighted by Crippen LogP contribution is -2.42. The Morgan fingerprint density at radius 2 is 2.00 bits per heavy atom. The van der Waals surface area contributed by atoms with Crippen molar-refractivity contribution in [2.75, 3.05) is 5.75 Å². The molecule has 0 spiro atoms. The molecule has 60 valence electrons. The molecule has 4 heteroatoms. The van der Waals surface area contributed by atoms with Crippen LogP contribution in [0.3, 0.4) is 0 Å². The Labute approximate surface area is 61.5 Å². The second-order valence-corrected chi connectivity index (χ2v) is 6.01. The third-order valence-electron chi connectivity index (χ3n) is 2.39. The van der Waals surface area contributed by atoms with Crippen molar-refractivity contribution < 1.29 is 8.42 Å². The number of hydrogen-bond donors (Lipinski definition) is 1. The van der Waals surface area contributed by atoms with E-state index in [4.69, 9.17) is 5.73 Å². The van der Waals surface area contributed by atoms with Gasteiger partial charge >= 0.3 is 0 Å². The van der Waals surface area contributed by atoms with Crippen LogP contribution in [0.5, 0.6) is 0 Å². The van der Waals surface area contributed by atoms with E-state index in [1.54, 1.807) is 13.8 Å². The first-order valence-electron chi connectivity index (χ1n) is 3.36. The molecule has 10 heavy (non-hydrogen) atoms. The third kappa shape index (κ3) is 0.864. The van der Waals surface area contributed by atoms with E-state index in [-0.39, 0.29) is 11.8 Å². The quantitative estimate of drug-likeness (QED) is 0.543. The minimum atomic E-state index is -2.90. The van der Waals surface area contributed by atoms with E-state index >= 15 is 0 Å². The predicted octanol–water partition coefficient (Wildman–Crippen LogP) is -0.0892. The van der Waals surface area contributed by atoms with E-state index in [0.717, 1.165) is 0 Å². The summed E-state index contributed by atoms with van der Waals surface area (Å²) in [6, 6.07) is -0.183. The van der Waals surface area contributed by atoms with Crippen molar-refractivity contribution in [1.82, 2.24) is 0 Å². The first-order valence-corrected chi connectivity index (χ1v) is 5.01. The molecule has 1 heterocycles. The standard InChI is InChI=1S/C6H13NO2S/c1-6(2)5(7)3-4-10(6,8)9/h5H,3-4,7H2,1-2H3. The van der Waals surface area contributed by atoms with Gasteiger partial charge in [-0.1, -0.05) is 0 Å². The van der Waals surface area contributed by atoms with Gasteiger partial charge in [0.2, 0.25) is 0 Å². The monoisotopic (exact) mass is 163 g/mol. The average molecular weight is 163 g/mol. The molecular formula is C6H13NO2S. The zero-order valence-corrected chi connectivity index (χ0v) is 7.11. The van der Waals surface area contributed by atoms with Crippen molar-refractivity contribution >= 4 is 9.84 Å². The molecule has 0 aliphatic carbocycles. The second-order valence-electron chi connectivity index (χ2n) is 3.32. The van der Waals surface area contributed by atoms with Crippen LogP contribution in [0.15, 0.2) is 0 Å². The van der Waals surface area contributed by atoms with E-state index in [2.05, 4.69) is 0 Å². The molecule has 0 aromatic carbocycles. The molecule has 1 atom stereocenters. The molecule has 1 aliphatic rings. The van der Waals surface area contributed by atoms with E-state index in [0.29, 0.717) is 6.42 Å². The molecule has 1 aliphatic heterocycles. The first kappa shape index (κ1) is 8.01.